The second-order valence-electron chi connectivity index (χ2n) is 6.08. The number of aromatic amines is 1. The molecule has 3 rings (SSSR count). The molecule has 0 radical (unpaired) electrons. The molecule has 2 heterocycles. The van der Waals surface area contributed by atoms with E-state index in [0.29, 0.717) is 6.04 Å². The van der Waals surface area contributed by atoms with Crippen molar-refractivity contribution in [2.75, 3.05) is 20.2 Å². The zero-order valence-electron chi connectivity index (χ0n) is 13.7. The molecule has 1 aliphatic heterocycles. The molecule has 1 atom stereocenters. The quantitative estimate of drug-likeness (QED) is 0.891. The summed E-state index contributed by atoms with van der Waals surface area (Å²) in [5, 5.41) is 0. The Balaban J connectivity index is 2.05. The molecule has 0 aliphatic carbocycles. The SMILES string of the molecule is CCCN(CCC)C1Cc2c(OC)ccc3[nH]c(=O)n(c23)C1. The lowest BCUT2D eigenvalue weighted by Gasteiger charge is -2.34. The summed E-state index contributed by atoms with van der Waals surface area (Å²) < 4.78 is 7.43. The Hall–Kier alpha value is -1.75. The molecule has 1 aromatic heterocycles. The largest absolute Gasteiger partial charge is 0.496 e. The lowest BCUT2D eigenvalue weighted by atomic mass is 9.98. The molecule has 1 N–H and O–H groups in total. The van der Waals surface area contributed by atoms with Gasteiger partial charge in [-0.1, -0.05) is 13.8 Å². The molecule has 2 aromatic rings. The van der Waals surface area contributed by atoms with Crippen molar-refractivity contribution in [1.82, 2.24) is 14.5 Å². The van der Waals surface area contributed by atoms with Crippen molar-refractivity contribution in [3.63, 3.8) is 0 Å². The van der Waals surface area contributed by atoms with Gasteiger partial charge in [0.1, 0.15) is 5.75 Å². The predicted octanol–water partition coefficient (Wildman–Crippen LogP) is 2.38. The first-order valence-corrected chi connectivity index (χ1v) is 8.22. The van der Waals surface area contributed by atoms with Gasteiger partial charge in [-0.05, 0) is 44.5 Å². The minimum Gasteiger partial charge on any atom is -0.496 e. The van der Waals surface area contributed by atoms with Crippen LogP contribution in [0.5, 0.6) is 5.75 Å². The van der Waals surface area contributed by atoms with E-state index < -0.39 is 0 Å². The van der Waals surface area contributed by atoms with Crippen molar-refractivity contribution >= 4 is 11.0 Å². The predicted molar refractivity (Wildman–Crippen MR) is 88.8 cm³/mol. The Morgan fingerprint density at radius 1 is 1.32 bits per heavy atom. The maximum atomic E-state index is 12.3. The highest BCUT2D eigenvalue weighted by Crippen LogP contribution is 2.32. The van der Waals surface area contributed by atoms with E-state index in [4.69, 9.17) is 4.74 Å². The molecule has 1 unspecified atom stereocenters. The van der Waals surface area contributed by atoms with Gasteiger partial charge < -0.3 is 9.72 Å². The van der Waals surface area contributed by atoms with Crippen LogP contribution in [0.4, 0.5) is 0 Å². The fourth-order valence-electron chi connectivity index (χ4n) is 3.68. The van der Waals surface area contributed by atoms with Gasteiger partial charge in [-0.2, -0.15) is 0 Å². The van der Waals surface area contributed by atoms with Crippen molar-refractivity contribution in [2.45, 2.75) is 45.7 Å². The average Bonchev–Trinajstić information content (AvgIpc) is 2.85. The molecule has 0 fully saturated rings. The molecular weight excluding hydrogens is 278 g/mol. The van der Waals surface area contributed by atoms with Gasteiger partial charge in [0.05, 0.1) is 18.1 Å². The second-order valence-corrected chi connectivity index (χ2v) is 6.08. The topological polar surface area (TPSA) is 50.3 Å². The number of ether oxygens (including phenoxy) is 1. The Morgan fingerprint density at radius 2 is 2.05 bits per heavy atom. The van der Waals surface area contributed by atoms with Crippen LogP contribution >= 0.6 is 0 Å². The lowest BCUT2D eigenvalue weighted by Crippen LogP contribution is -2.44. The number of aromatic nitrogens is 2. The van der Waals surface area contributed by atoms with Gasteiger partial charge in [-0.25, -0.2) is 4.79 Å². The number of nitrogens with zero attached hydrogens (tertiary/aromatic N) is 2. The summed E-state index contributed by atoms with van der Waals surface area (Å²) in [6.07, 6.45) is 3.21. The summed E-state index contributed by atoms with van der Waals surface area (Å²) in [7, 11) is 1.70. The third-order valence-electron chi connectivity index (χ3n) is 4.59. The highest BCUT2D eigenvalue weighted by atomic mass is 16.5. The molecule has 0 spiro atoms. The van der Waals surface area contributed by atoms with Crippen molar-refractivity contribution in [2.24, 2.45) is 0 Å². The van der Waals surface area contributed by atoms with Crippen LogP contribution in [0.1, 0.15) is 32.3 Å². The van der Waals surface area contributed by atoms with Crippen LogP contribution in [0.25, 0.3) is 11.0 Å². The fourth-order valence-corrected chi connectivity index (χ4v) is 3.68. The standard InChI is InChI=1S/C17H25N3O2/c1-4-8-19(9-5-2)12-10-13-15(22-3)7-6-14-16(13)20(11-12)17(21)18-14/h6-7,12H,4-5,8-11H2,1-3H3,(H,18,21). The zero-order valence-corrected chi connectivity index (χ0v) is 13.7. The number of rotatable bonds is 6. The first-order chi connectivity index (χ1) is 10.7. The number of methoxy groups -OCH3 is 1. The van der Waals surface area contributed by atoms with Crippen LogP contribution in [0.3, 0.4) is 0 Å². The van der Waals surface area contributed by atoms with Gasteiger partial charge in [-0.15, -0.1) is 0 Å². The first-order valence-electron chi connectivity index (χ1n) is 8.22. The molecule has 0 bridgehead atoms. The first kappa shape index (κ1) is 15.2. The number of benzene rings is 1. The Kier molecular flexibility index (Phi) is 4.25. The van der Waals surface area contributed by atoms with Crippen molar-refractivity contribution in [3.8, 4) is 5.75 Å². The normalized spacial score (nSPS) is 17.4. The van der Waals surface area contributed by atoms with Crippen molar-refractivity contribution < 1.29 is 4.74 Å². The van der Waals surface area contributed by atoms with Crippen molar-refractivity contribution in [3.05, 3.63) is 28.2 Å². The van der Waals surface area contributed by atoms with E-state index in [0.717, 1.165) is 61.2 Å². The number of nitrogens with one attached hydrogen (secondary N) is 1. The van der Waals surface area contributed by atoms with Gasteiger partial charge in [0.15, 0.2) is 0 Å². The molecular formula is C17H25N3O2. The molecule has 0 saturated heterocycles. The van der Waals surface area contributed by atoms with Gasteiger partial charge >= 0.3 is 5.69 Å². The molecule has 1 aliphatic rings. The van der Waals surface area contributed by atoms with E-state index in [2.05, 4.69) is 23.7 Å². The number of hydrogen-bond acceptors (Lipinski definition) is 3. The maximum absolute atomic E-state index is 12.3. The molecule has 0 saturated carbocycles. The zero-order chi connectivity index (χ0) is 15.7. The fraction of sp³-hybridized carbons (Fsp3) is 0.588. The summed E-state index contributed by atoms with van der Waals surface area (Å²) in [6.45, 7) is 7.33. The second kappa shape index (κ2) is 6.16. The van der Waals surface area contributed by atoms with E-state index in [1.165, 1.54) is 0 Å². The third-order valence-corrected chi connectivity index (χ3v) is 4.59. The Bertz CT molecular complexity index is 710. The summed E-state index contributed by atoms with van der Waals surface area (Å²) in [6, 6.07) is 4.26. The number of imidazole rings is 1. The smallest absolute Gasteiger partial charge is 0.326 e. The monoisotopic (exact) mass is 303 g/mol. The Labute approximate surface area is 130 Å². The van der Waals surface area contributed by atoms with E-state index in [1.807, 2.05) is 16.7 Å². The van der Waals surface area contributed by atoms with Crippen LogP contribution in [0.2, 0.25) is 0 Å². The van der Waals surface area contributed by atoms with Gasteiger partial charge in [-0.3, -0.25) is 9.47 Å². The number of hydrogen-bond donors (Lipinski definition) is 1. The molecule has 5 nitrogen and oxygen atoms in total. The summed E-state index contributed by atoms with van der Waals surface area (Å²) in [5.74, 6) is 0.887. The summed E-state index contributed by atoms with van der Waals surface area (Å²) in [4.78, 5) is 17.8. The van der Waals surface area contributed by atoms with Crippen LogP contribution in [0.15, 0.2) is 16.9 Å². The summed E-state index contributed by atoms with van der Waals surface area (Å²) in [5.41, 5.74) is 3.08. The highest BCUT2D eigenvalue weighted by Gasteiger charge is 2.28. The van der Waals surface area contributed by atoms with E-state index in [9.17, 15) is 4.79 Å². The average molecular weight is 303 g/mol. The number of H-pyrrole nitrogens is 1. The van der Waals surface area contributed by atoms with E-state index in [1.54, 1.807) is 7.11 Å². The van der Waals surface area contributed by atoms with Crippen LogP contribution in [0, 0.1) is 0 Å². The lowest BCUT2D eigenvalue weighted by molar-refractivity contribution is 0.172. The van der Waals surface area contributed by atoms with E-state index in [-0.39, 0.29) is 5.69 Å². The molecule has 22 heavy (non-hydrogen) atoms. The summed E-state index contributed by atoms with van der Waals surface area (Å²) >= 11 is 0. The van der Waals surface area contributed by atoms with Gasteiger partial charge in [0.25, 0.3) is 0 Å². The van der Waals surface area contributed by atoms with Crippen LogP contribution < -0.4 is 10.4 Å². The van der Waals surface area contributed by atoms with E-state index >= 15 is 0 Å². The van der Waals surface area contributed by atoms with Gasteiger partial charge in [0.2, 0.25) is 0 Å². The minimum atomic E-state index is -0.0119. The molecule has 0 amide bonds. The minimum absolute atomic E-state index is 0.0119. The Morgan fingerprint density at radius 3 is 2.68 bits per heavy atom. The van der Waals surface area contributed by atoms with Gasteiger partial charge in [0, 0.05) is 18.2 Å². The third kappa shape index (κ3) is 2.43. The van der Waals surface area contributed by atoms with Crippen LogP contribution in [-0.2, 0) is 13.0 Å². The maximum Gasteiger partial charge on any atom is 0.326 e. The highest BCUT2D eigenvalue weighted by molar-refractivity contribution is 5.82. The van der Waals surface area contributed by atoms with Crippen LogP contribution in [-0.4, -0.2) is 40.7 Å². The molecule has 1 aromatic carbocycles. The molecule has 120 valence electrons. The molecule has 5 heteroatoms. The van der Waals surface area contributed by atoms with Crippen molar-refractivity contribution in [1.29, 1.82) is 0 Å².